The Bertz CT molecular complexity index is 493. The second-order valence-electron chi connectivity index (χ2n) is 3.82. The smallest absolute Gasteiger partial charge is 0.0825 e. The number of likely N-dealkylation sites (N-methyl/N-ethyl adjacent to an activating group) is 1. The van der Waals surface area contributed by atoms with Crippen LogP contribution < -0.4 is 5.32 Å². The summed E-state index contributed by atoms with van der Waals surface area (Å²) >= 11 is 3.64. The molecular formula is C12H15BrN4. The average molecular weight is 295 g/mol. The lowest BCUT2D eigenvalue weighted by Gasteiger charge is -2.01. The van der Waals surface area contributed by atoms with Crippen LogP contribution in [0.2, 0.25) is 0 Å². The summed E-state index contributed by atoms with van der Waals surface area (Å²) in [7, 11) is 3.91. The Labute approximate surface area is 109 Å². The van der Waals surface area contributed by atoms with Crippen LogP contribution in [-0.4, -0.2) is 28.4 Å². The van der Waals surface area contributed by atoms with E-state index in [-0.39, 0.29) is 0 Å². The first kappa shape index (κ1) is 12.3. The first-order chi connectivity index (χ1) is 8.24. The van der Waals surface area contributed by atoms with E-state index in [1.54, 1.807) is 12.4 Å². The van der Waals surface area contributed by atoms with Crippen LogP contribution in [0.25, 0.3) is 11.3 Å². The molecular weight excluding hydrogens is 280 g/mol. The average Bonchev–Trinajstić information content (AvgIpc) is 2.63. The fourth-order valence-corrected chi connectivity index (χ4v) is 2.54. The number of halogens is 1. The zero-order chi connectivity index (χ0) is 12.3. The maximum atomic E-state index is 4.53. The Morgan fingerprint density at radius 1 is 1.35 bits per heavy atom. The van der Waals surface area contributed by atoms with Gasteiger partial charge in [-0.25, -0.2) is 0 Å². The Balaban J connectivity index is 2.38. The number of aryl methyl sites for hydroxylation is 1. The first-order valence-corrected chi connectivity index (χ1v) is 6.29. The predicted octanol–water partition coefficient (Wildman–Crippen LogP) is 2.01. The molecule has 0 aromatic carbocycles. The molecule has 0 atom stereocenters. The van der Waals surface area contributed by atoms with Crippen molar-refractivity contribution in [2.45, 2.75) is 6.42 Å². The van der Waals surface area contributed by atoms with Crippen molar-refractivity contribution in [1.29, 1.82) is 0 Å². The van der Waals surface area contributed by atoms with Crippen LogP contribution >= 0.6 is 15.9 Å². The van der Waals surface area contributed by atoms with Crippen molar-refractivity contribution in [3.63, 3.8) is 0 Å². The quantitative estimate of drug-likeness (QED) is 0.938. The minimum atomic E-state index is 0.913. The number of nitrogens with one attached hydrogen (secondary N) is 1. The lowest BCUT2D eigenvalue weighted by Crippen LogP contribution is -2.11. The van der Waals surface area contributed by atoms with Crippen molar-refractivity contribution >= 4 is 15.9 Å². The van der Waals surface area contributed by atoms with E-state index in [1.165, 1.54) is 0 Å². The maximum absolute atomic E-state index is 4.53. The molecule has 0 saturated heterocycles. The van der Waals surface area contributed by atoms with E-state index in [1.807, 2.05) is 30.9 Å². The van der Waals surface area contributed by atoms with Crippen molar-refractivity contribution in [3.8, 4) is 11.3 Å². The van der Waals surface area contributed by atoms with Crippen molar-refractivity contribution < 1.29 is 0 Å². The Kier molecular flexibility index (Phi) is 3.91. The van der Waals surface area contributed by atoms with Crippen molar-refractivity contribution in [3.05, 3.63) is 34.7 Å². The molecule has 0 fully saturated rings. The minimum absolute atomic E-state index is 0.913. The number of nitrogens with zero attached hydrogens (tertiary/aromatic N) is 3. The Morgan fingerprint density at radius 2 is 2.06 bits per heavy atom. The lowest BCUT2D eigenvalue weighted by atomic mass is 10.2. The Hall–Kier alpha value is -1.20. The van der Waals surface area contributed by atoms with Gasteiger partial charge in [0, 0.05) is 38.0 Å². The molecule has 1 N–H and O–H groups in total. The van der Waals surface area contributed by atoms with Crippen LogP contribution in [0, 0.1) is 0 Å². The molecule has 0 unspecified atom stereocenters. The van der Waals surface area contributed by atoms with Gasteiger partial charge in [-0.3, -0.25) is 9.67 Å². The predicted molar refractivity (Wildman–Crippen MR) is 71.8 cm³/mol. The standard InChI is InChI=1S/C12H15BrN4/c1-14-6-5-10-11(13)12(17(2)16-10)9-3-7-15-8-4-9/h3-4,7-8,14H,5-6H2,1-2H3. The highest BCUT2D eigenvalue weighted by molar-refractivity contribution is 9.10. The SMILES string of the molecule is CNCCc1nn(C)c(-c2ccncc2)c1Br. The molecule has 5 heteroatoms. The van der Waals surface area contributed by atoms with E-state index in [0.29, 0.717) is 0 Å². The zero-order valence-electron chi connectivity index (χ0n) is 9.94. The van der Waals surface area contributed by atoms with E-state index < -0.39 is 0 Å². The Morgan fingerprint density at radius 3 is 2.71 bits per heavy atom. The molecule has 0 aliphatic carbocycles. The zero-order valence-corrected chi connectivity index (χ0v) is 11.5. The third-order valence-electron chi connectivity index (χ3n) is 2.62. The number of rotatable bonds is 4. The van der Waals surface area contributed by atoms with Gasteiger partial charge in [-0.1, -0.05) is 0 Å². The number of hydrogen-bond acceptors (Lipinski definition) is 3. The van der Waals surface area contributed by atoms with E-state index in [0.717, 1.165) is 34.4 Å². The summed E-state index contributed by atoms with van der Waals surface area (Å²) in [5.41, 5.74) is 3.30. The van der Waals surface area contributed by atoms with E-state index >= 15 is 0 Å². The molecule has 0 spiro atoms. The molecule has 0 saturated carbocycles. The lowest BCUT2D eigenvalue weighted by molar-refractivity contribution is 0.720. The molecule has 0 aliphatic rings. The molecule has 2 rings (SSSR count). The normalized spacial score (nSPS) is 10.8. The van der Waals surface area contributed by atoms with Gasteiger partial charge in [-0.2, -0.15) is 5.10 Å². The molecule has 4 nitrogen and oxygen atoms in total. The highest BCUT2D eigenvalue weighted by Gasteiger charge is 2.14. The van der Waals surface area contributed by atoms with Crippen LogP contribution in [0.1, 0.15) is 5.69 Å². The van der Waals surface area contributed by atoms with Gasteiger partial charge in [0.25, 0.3) is 0 Å². The third kappa shape index (κ3) is 2.56. The summed E-state index contributed by atoms with van der Waals surface area (Å²) in [6, 6.07) is 3.98. The van der Waals surface area contributed by atoms with Gasteiger partial charge in [-0.05, 0) is 35.1 Å². The van der Waals surface area contributed by atoms with Crippen molar-refractivity contribution in [1.82, 2.24) is 20.1 Å². The summed E-state index contributed by atoms with van der Waals surface area (Å²) in [5, 5.41) is 7.67. The topological polar surface area (TPSA) is 42.7 Å². The molecule has 90 valence electrons. The van der Waals surface area contributed by atoms with Gasteiger partial charge in [0.2, 0.25) is 0 Å². The molecule has 0 aliphatic heterocycles. The number of hydrogen-bond donors (Lipinski definition) is 1. The fraction of sp³-hybridized carbons (Fsp3) is 0.333. The number of pyridine rings is 1. The van der Waals surface area contributed by atoms with Gasteiger partial charge < -0.3 is 5.32 Å². The van der Waals surface area contributed by atoms with Crippen LogP contribution in [0.4, 0.5) is 0 Å². The summed E-state index contributed by atoms with van der Waals surface area (Å²) in [4.78, 5) is 4.03. The van der Waals surface area contributed by atoms with Gasteiger partial charge in [0.1, 0.15) is 0 Å². The fourth-order valence-electron chi connectivity index (χ4n) is 1.78. The third-order valence-corrected chi connectivity index (χ3v) is 3.45. The van der Waals surface area contributed by atoms with E-state index in [9.17, 15) is 0 Å². The van der Waals surface area contributed by atoms with Crippen LogP contribution in [0.15, 0.2) is 29.0 Å². The van der Waals surface area contributed by atoms with Crippen LogP contribution in [-0.2, 0) is 13.5 Å². The van der Waals surface area contributed by atoms with Crippen LogP contribution in [0.3, 0.4) is 0 Å². The highest BCUT2D eigenvalue weighted by Crippen LogP contribution is 2.30. The molecule has 2 aromatic rings. The monoisotopic (exact) mass is 294 g/mol. The molecule has 0 radical (unpaired) electrons. The molecule has 2 heterocycles. The second kappa shape index (κ2) is 5.42. The molecule has 2 aromatic heterocycles. The minimum Gasteiger partial charge on any atom is -0.319 e. The molecule has 0 amide bonds. The van der Waals surface area contributed by atoms with Crippen LogP contribution in [0.5, 0.6) is 0 Å². The first-order valence-electron chi connectivity index (χ1n) is 5.50. The number of aromatic nitrogens is 3. The van der Waals surface area contributed by atoms with Gasteiger partial charge >= 0.3 is 0 Å². The second-order valence-corrected chi connectivity index (χ2v) is 4.62. The van der Waals surface area contributed by atoms with Crippen molar-refractivity contribution in [2.75, 3.05) is 13.6 Å². The van der Waals surface area contributed by atoms with Gasteiger partial charge in [0.15, 0.2) is 0 Å². The van der Waals surface area contributed by atoms with Gasteiger partial charge in [0.05, 0.1) is 15.9 Å². The van der Waals surface area contributed by atoms with Crippen molar-refractivity contribution in [2.24, 2.45) is 7.05 Å². The molecule has 17 heavy (non-hydrogen) atoms. The summed E-state index contributed by atoms with van der Waals surface area (Å²) < 4.78 is 2.98. The van der Waals surface area contributed by atoms with E-state index in [4.69, 9.17) is 0 Å². The van der Waals surface area contributed by atoms with Gasteiger partial charge in [-0.15, -0.1) is 0 Å². The summed E-state index contributed by atoms with van der Waals surface area (Å²) in [6.07, 6.45) is 4.50. The highest BCUT2D eigenvalue weighted by atomic mass is 79.9. The van der Waals surface area contributed by atoms with E-state index in [2.05, 4.69) is 31.3 Å². The largest absolute Gasteiger partial charge is 0.319 e. The summed E-state index contributed by atoms with van der Waals surface area (Å²) in [6.45, 7) is 0.922. The summed E-state index contributed by atoms with van der Waals surface area (Å²) in [5.74, 6) is 0. The molecule has 0 bridgehead atoms. The maximum Gasteiger partial charge on any atom is 0.0825 e.